The summed E-state index contributed by atoms with van der Waals surface area (Å²) in [7, 11) is -3.05. The van der Waals surface area contributed by atoms with Gasteiger partial charge in [0.2, 0.25) is 0 Å². The summed E-state index contributed by atoms with van der Waals surface area (Å²) < 4.78 is 23.8. The Morgan fingerprint density at radius 2 is 1.96 bits per heavy atom. The maximum absolute atomic E-state index is 12.6. The molecule has 2 aliphatic rings. The fourth-order valence-corrected chi connectivity index (χ4v) is 6.00. The predicted octanol–water partition coefficient (Wildman–Crippen LogP) is 3.20. The number of sulfone groups is 1. The van der Waals surface area contributed by atoms with Crippen LogP contribution >= 0.6 is 24.0 Å². The second-order valence-electron chi connectivity index (χ2n) is 6.43. The van der Waals surface area contributed by atoms with Crippen LogP contribution in [0.2, 0.25) is 0 Å². The van der Waals surface area contributed by atoms with E-state index in [-0.39, 0.29) is 23.5 Å². The summed E-state index contributed by atoms with van der Waals surface area (Å²) in [5, 5.41) is 0. The van der Waals surface area contributed by atoms with E-state index in [9.17, 15) is 13.2 Å². The highest BCUT2D eigenvalue weighted by molar-refractivity contribution is 8.26. The van der Waals surface area contributed by atoms with E-state index in [0.717, 1.165) is 5.56 Å². The Morgan fingerprint density at radius 1 is 1.29 bits per heavy atom. The summed E-state index contributed by atoms with van der Waals surface area (Å²) in [5.41, 5.74) is 2.19. The zero-order valence-corrected chi connectivity index (χ0v) is 16.0. The molecular formula is C17H19NO3S3. The van der Waals surface area contributed by atoms with E-state index < -0.39 is 9.84 Å². The molecule has 1 atom stereocenters. The molecule has 0 N–H and O–H groups in total. The van der Waals surface area contributed by atoms with E-state index in [1.165, 1.54) is 22.2 Å². The molecule has 0 bridgehead atoms. The quantitative estimate of drug-likeness (QED) is 0.594. The van der Waals surface area contributed by atoms with Crippen molar-refractivity contribution in [1.29, 1.82) is 0 Å². The van der Waals surface area contributed by atoms with Gasteiger partial charge >= 0.3 is 0 Å². The molecule has 0 spiro atoms. The minimum absolute atomic E-state index is 0.00973. The molecule has 7 heteroatoms. The summed E-state index contributed by atoms with van der Waals surface area (Å²) >= 11 is 6.56. The molecule has 1 amide bonds. The fraction of sp³-hybridized carbons (Fsp3) is 0.412. The molecule has 0 saturated carbocycles. The molecule has 2 aliphatic heterocycles. The van der Waals surface area contributed by atoms with Crippen LogP contribution in [0, 0.1) is 0 Å². The Kier molecular flexibility index (Phi) is 4.86. The van der Waals surface area contributed by atoms with Gasteiger partial charge in [-0.2, -0.15) is 0 Å². The number of benzene rings is 1. The van der Waals surface area contributed by atoms with Crippen molar-refractivity contribution in [2.75, 3.05) is 11.5 Å². The van der Waals surface area contributed by atoms with Crippen molar-refractivity contribution >= 4 is 50.1 Å². The molecule has 0 radical (unpaired) electrons. The smallest absolute Gasteiger partial charge is 0.266 e. The molecule has 4 nitrogen and oxygen atoms in total. The van der Waals surface area contributed by atoms with Gasteiger partial charge in [0, 0.05) is 0 Å². The first-order chi connectivity index (χ1) is 11.3. The predicted molar refractivity (Wildman–Crippen MR) is 103 cm³/mol. The fourth-order valence-electron chi connectivity index (χ4n) is 2.90. The van der Waals surface area contributed by atoms with Crippen molar-refractivity contribution in [1.82, 2.24) is 4.90 Å². The number of carbonyl (C=O) groups is 1. The van der Waals surface area contributed by atoms with E-state index >= 15 is 0 Å². The Bertz CT molecular complexity index is 810. The number of carbonyl (C=O) groups excluding carboxylic acids is 1. The number of hydrogen-bond donors (Lipinski definition) is 0. The molecule has 2 saturated heterocycles. The normalized spacial score (nSPS) is 25.2. The van der Waals surface area contributed by atoms with Gasteiger partial charge in [0.25, 0.3) is 5.91 Å². The van der Waals surface area contributed by atoms with Gasteiger partial charge in [-0.25, -0.2) is 8.42 Å². The summed E-state index contributed by atoms with van der Waals surface area (Å²) in [4.78, 5) is 14.7. The van der Waals surface area contributed by atoms with Gasteiger partial charge in [-0.3, -0.25) is 9.69 Å². The SMILES string of the molecule is CC(C)c1ccc(/C=C2\SC(=S)N([C@H]3CCS(=O)(=O)C3)C2=O)cc1. The van der Waals surface area contributed by atoms with Crippen molar-refractivity contribution in [3.8, 4) is 0 Å². The van der Waals surface area contributed by atoms with Crippen LogP contribution in [0.15, 0.2) is 29.2 Å². The summed E-state index contributed by atoms with van der Waals surface area (Å²) in [5.74, 6) is 0.418. The first kappa shape index (κ1) is 17.6. The van der Waals surface area contributed by atoms with Gasteiger partial charge in [0.05, 0.1) is 22.5 Å². The van der Waals surface area contributed by atoms with Crippen LogP contribution in [-0.4, -0.2) is 41.1 Å². The maximum Gasteiger partial charge on any atom is 0.266 e. The number of thioether (sulfide) groups is 1. The topological polar surface area (TPSA) is 54.5 Å². The van der Waals surface area contributed by atoms with Crippen LogP contribution in [0.3, 0.4) is 0 Å². The molecule has 2 heterocycles. The van der Waals surface area contributed by atoms with Crippen molar-refractivity contribution in [2.45, 2.75) is 32.2 Å². The van der Waals surface area contributed by atoms with Crippen molar-refractivity contribution < 1.29 is 13.2 Å². The summed E-state index contributed by atoms with van der Waals surface area (Å²) in [6.45, 7) is 4.27. The van der Waals surface area contributed by atoms with Gasteiger partial charge in [-0.1, -0.05) is 62.1 Å². The molecule has 2 fully saturated rings. The lowest BCUT2D eigenvalue weighted by atomic mass is 10.0. The zero-order valence-electron chi connectivity index (χ0n) is 13.6. The first-order valence-corrected chi connectivity index (χ1v) is 10.9. The van der Waals surface area contributed by atoms with E-state index in [4.69, 9.17) is 12.2 Å². The highest BCUT2D eigenvalue weighted by atomic mass is 32.2. The van der Waals surface area contributed by atoms with Crippen LogP contribution in [0.25, 0.3) is 6.08 Å². The van der Waals surface area contributed by atoms with Crippen molar-refractivity contribution in [3.05, 3.63) is 40.3 Å². The molecule has 0 aliphatic carbocycles. The van der Waals surface area contributed by atoms with Gasteiger partial charge in [-0.15, -0.1) is 0 Å². The lowest BCUT2D eigenvalue weighted by Gasteiger charge is -2.20. The van der Waals surface area contributed by atoms with Gasteiger partial charge in [-0.05, 0) is 29.5 Å². The third kappa shape index (κ3) is 3.58. The minimum atomic E-state index is -3.05. The Hall–Kier alpha value is -1.18. The molecule has 1 aromatic rings. The molecule has 1 aromatic carbocycles. The minimum Gasteiger partial charge on any atom is -0.289 e. The van der Waals surface area contributed by atoms with Gasteiger partial charge in [0.15, 0.2) is 9.84 Å². The largest absolute Gasteiger partial charge is 0.289 e. The highest BCUT2D eigenvalue weighted by Crippen LogP contribution is 2.36. The summed E-state index contributed by atoms with van der Waals surface area (Å²) in [6, 6.07) is 7.77. The first-order valence-electron chi connectivity index (χ1n) is 7.84. The number of rotatable bonds is 3. The Labute approximate surface area is 152 Å². The molecule has 0 unspecified atom stereocenters. The van der Waals surface area contributed by atoms with E-state index in [0.29, 0.717) is 21.6 Å². The van der Waals surface area contributed by atoms with E-state index in [1.54, 1.807) is 0 Å². The van der Waals surface area contributed by atoms with E-state index in [2.05, 4.69) is 26.0 Å². The second kappa shape index (κ2) is 6.61. The molecule has 3 rings (SSSR count). The van der Waals surface area contributed by atoms with Crippen LogP contribution < -0.4 is 0 Å². The Morgan fingerprint density at radius 3 is 2.50 bits per heavy atom. The maximum atomic E-state index is 12.6. The van der Waals surface area contributed by atoms with Crippen LogP contribution in [-0.2, 0) is 14.6 Å². The number of amides is 1. The van der Waals surface area contributed by atoms with Gasteiger partial charge < -0.3 is 0 Å². The zero-order chi connectivity index (χ0) is 17.5. The highest BCUT2D eigenvalue weighted by Gasteiger charge is 2.42. The molecular weight excluding hydrogens is 362 g/mol. The van der Waals surface area contributed by atoms with Crippen LogP contribution in [0.1, 0.15) is 37.3 Å². The number of hydrogen-bond acceptors (Lipinski definition) is 5. The molecule has 128 valence electrons. The number of thiocarbonyl (C=S) groups is 1. The monoisotopic (exact) mass is 381 g/mol. The average molecular weight is 382 g/mol. The third-order valence-corrected chi connectivity index (χ3v) is 7.38. The Balaban J connectivity index is 1.81. The lowest BCUT2D eigenvalue weighted by Crippen LogP contribution is -2.39. The van der Waals surface area contributed by atoms with Crippen molar-refractivity contribution in [2.24, 2.45) is 0 Å². The van der Waals surface area contributed by atoms with Crippen molar-refractivity contribution in [3.63, 3.8) is 0 Å². The number of nitrogens with zero attached hydrogens (tertiary/aromatic N) is 1. The standard InChI is InChI=1S/C17H19NO3S3/c1-11(2)13-5-3-12(4-6-13)9-15-16(19)18(17(22)23-15)14-7-8-24(20,21)10-14/h3-6,9,11,14H,7-8,10H2,1-2H3/b15-9-/t14-/m0/s1. The van der Waals surface area contributed by atoms with Crippen LogP contribution in [0.4, 0.5) is 0 Å². The second-order valence-corrected chi connectivity index (χ2v) is 10.3. The third-order valence-electron chi connectivity index (χ3n) is 4.30. The summed E-state index contributed by atoms with van der Waals surface area (Å²) in [6.07, 6.45) is 2.29. The molecule has 0 aromatic heterocycles. The molecule has 24 heavy (non-hydrogen) atoms. The lowest BCUT2D eigenvalue weighted by molar-refractivity contribution is -0.123. The average Bonchev–Trinajstić information content (AvgIpc) is 2.99. The van der Waals surface area contributed by atoms with Crippen LogP contribution in [0.5, 0.6) is 0 Å². The van der Waals surface area contributed by atoms with E-state index in [1.807, 2.05) is 18.2 Å². The van der Waals surface area contributed by atoms with Gasteiger partial charge in [0.1, 0.15) is 4.32 Å².